The molecule has 0 aliphatic carbocycles. The molecule has 0 radical (unpaired) electrons. The van der Waals surface area contributed by atoms with Crippen LogP contribution in [0.4, 0.5) is 0 Å². The minimum Gasteiger partial charge on any atom is -0.378 e. The quantitative estimate of drug-likeness (QED) is 0.735. The molecule has 1 aliphatic heterocycles. The maximum Gasteiger partial charge on any atom is 0.261 e. The number of benzene rings is 1. The van der Waals surface area contributed by atoms with Crippen molar-refractivity contribution < 1.29 is 17.9 Å². The summed E-state index contributed by atoms with van der Waals surface area (Å²) in [5.41, 5.74) is 0.695. The Bertz CT molecular complexity index is 641. The second-order valence-electron chi connectivity index (χ2n) is 4.42. The first-order valence-corrected chi connectivity index (χ1v) is 9.03. The van der Waals surface area contributed by atoms with E-state index in [1.165, 1.54) is 6.07 Å². The van der Waals surface area contributed by atoms with Crippen LogP contribution in [0.2, 0.25) is 0 Å². The van der Waals surface area contributed by atoms with E-state index in [1.807, 2.05) is 0 Å². The van der Waals surface area contributed by atoms with E-state index >= 15 is 0 Å². The van der Waals surface area contributed by atoms with Gasteiger partial charge in [0.05, 0.1) is 18.1 Å². The average Bonchev–Trinajstić information content (AvgIpc) is 2.40. The third-order valence-corrected chi connectivity index (χ3v) is 5.02. The number of morpholine rings is 1. The van der Waals surface area contributed by atoms with Gasteiger partial charge in [0.25, 0.3) is 15.0 Å². The van der Waals surface area contributed by atoms with Gasteiger partial charge in [-0.05, 0) is 24.6 Å². The number of amides is 1. The Labute approximate surface area is 130 Å². The molecule has 1 aliphatic rings. The fourth-order valence-electron chi connectivity index (χ4n) is 2.07. The first-order valence-electron chi connectivity index (χ1n) is 5.92. The van der Waals surface area contributed by atoms with E-state index in [2.05, 4.69) is 15.9 Å². The van der Waals surface area contributed by atoms with Crippen molar-refractivity contribution in [1.82, 2.24) is 4.90 Å². The summed E-state index contributed by atoms with van der Waals surface area (Å²) in [5, 5.41) is 0. The van der Waals surface area contributed by atoms with E-state index in [-0.39, 0.29) is 10.8 Å². The van der Waals surface area contributed by atoms with Crippen LogP contribution in [-0.2, 0) is 13.8 Å². The van der Waals surface area contributed by atoms with Gasteiger partial charge in [-0.2, -0.15) is 0 Å². The molecule has 2 rings (SSSR count). The summed E-state index contributed by atoms with van der Waals surface area (Å²) in [7, 11) is 1.51. The molecule has 0 bridgehead atoms. The molecule has 1 saturated heterocycles. The molecule has 1 aromatic carbocycles. The monoisotopic (exact) mass is 381 g/mol. The fourth-order valence-corrected chi connectivity index (χ4v) is 3.90. The first kappa shape index (κ1) is 15.8. The summed E-state index contributed by atoms with van der Waals surface area (Å²) in [4.78, 5) is 14.1. The van der Waals surface area contributed by atoms with Crippen molar-refractivity contribution in [2.24, 2.45) is 0 Å². The van der Waals surface area contributed by atoms with Gasteiger partial charge in [-0.1, -0.05) is 15.9 Å². The Hall–Kier alpha value is -0.630. The third kappa shape index (κ3) is 3.33. The second kappa shape index (κ2) is 6.01. The lowest BCUT2D eigenvalue weighted by Crippen LogP contribution is -2.41. The van der Waals surface area contributed by atoms with E-state index < -0.39 is 9.05 Å². The average molecular weight is 383 g/mol. The topological polar surface area (TPSA) is 63.7 Å². The minimum absolute atomic E-state index is 0.0508. The molecule has 0 unspecified atom stereocenters. The summed E-state index contributed by atoms with van der Waals surface area (Å²) < 4.78 is 28.8. The summed E-state index contributed by atoms with van der Waals surface area (Å²) >= 11 is 3.21. The molecule has 0 aromatic heterocycles. The van der Waals surface area contributed by atoms with Gasteiger partial charge in [0.15, 0.2) is 0 Å². The summed E-state index contributed by atoms with van der Waals surface area (Å²) in [5.74, 6) is -0.214. The molecular formula is C12H13BrClNO4S. The summed E-state index contributed by atoms with van der Waals surface area (Å²) in [6.45, 7) is 3.54. The number of hydrogen-bond donors (Lipinski definition) is 0. The molecule has 1 aromatic rings. The Morgan fingerprint density at radius 2 is 1.95 bits per heavy atom. The van der Waals surface area contributed by atoms with Gasteiger partial charge < -0.3 is 9.64 Å². The van der Waals surface area contributed by atoms with Gasteiger partial charge in [-0.15, -0.1) is 0 Å². The van der Waals surface area contributed by atoms with Crippen LogP contribution in [0, 0.1) is 6.92 Å². The van der Waals surface area contributed by atoms with Crippen LogP contribution in [0.5, 0.6) is 0 Å². The SMILES string of the molecule is Cc1c(C(=O)N2CCOCC2)cc(Br)cc1S(=O)(=O)Cl. The van der Waals surface area contributed by atoms with Crippen molar-refractivity contribution in [3.05, 3.63) is 27.7 Å². The Morgan fingerprint density at radius 3 is 2.50 bits per heavy atom. The smallest absolute Gasteiger partial charge is 0.261 e. The molecule has 0 atom stereocenters. The van der Waals surface area contributed by atoms with Crippen LogP contribution in [-0.4, -0.2) is 45.5 Å². The highest BCUT2D eigenvalue weighted by atomic mass is 79.9. The van der Waals surface area contributed by atoms with Crippen LogP contribution < -0.4 is 0 Å². The zero-order chi connectivity index (χ0) is 14.9. The molecule has 1 fully saturated rings. The lowest BCUT2D eigenvalue weighted by molar-refractivity contribution is 0.0302. The largest absolute Gasteiger partial charge is 0.378 e. The van der Waals surface area contributed by atoms with Gasteiger partial charge >= 0.3 is 0 Å². The van der Waals surface area contributed by atoms with Crippen molar-refractivity contribution in [2.75, 3.05) is 26.3 Å². The number of nitrogens with zero attached hydrogens (tertiary/aromatic N) is 1. The van der Waals surface area contributed by atoms with E-state index in [0.717, 1.165) is 0 Å². The van der Waals surface area contributed by atoms with Crippen molar-refractivity contribution >= 4 is 41.6 Å². The van der Waals surface area contributed by atoms with Crippen molar-refractivity contribution in [2.45, 2.75) is 11.8 Å². The number of rotatable bonds is 2. The minimum atomic E-state index is -3.90. The molecule has 8 heteroatoms. The molecule has 1 heterocycles. The molecule has 0 saturated carbocycles. The molecule has 5 nitrogen and oxygen atoms in total. The highest BCUT2D eigenvalue weighted by Gasteiger charge is 2.24. The van der Waals surface area contributed by atoms with Gasteiger partial charge in [-0.3, -0.25) is 4.79 Å². The van der Waals surface area contributed by atoms with Crippen LogP contribution in [0.3, 0.4) is 0 Å². The normalized spacial score (nSPS) is 16.2. The highest BCUT2D eigenvalue weighted by molar-refractivity contribution is 9.10. The number of hydrogen-bond acceptors (Lipinski definition) is 4. The zero-order valence-electron chi connectivity index (χ0n) is 10.7. The van der Waals surface area contributed by atoms with Gasteiger partial charge in [0, 0.05) is 33.8 Å². The van der Waals surface area contributed by atoms with Crippen molar-refractivity contribution in [1.29, 1.82) is 0 Å². The standard InChI is InChI=1S/C12H13BrClNO4S/c1-8-10(12(16)15-2-4-19-5-3-15)6-9(13)7-11(8)20(14,17)18/h6-7H,2-5H2,1H3. The Balaban J connectivity index is 2.46. The second-order valence-corrected chi connectivity index (χ2v) is 7.87. The van der Waals surface area contributed by atoms with Crippen LogP contribution in [0.25, 0.3) is 0 Å². The molecule has 1 amide bonds. The molecule has 110 valence electrons. The van der Waals surface area contributed by atoms with Gasteiger partial charge in [0.2, 0.25) is 0 Å². The third-order valence-electron chi connectivity index (χ3n) is 3.12. The lowest BCUT2D eigenvalue weighted by atomic mass is 10.1. The highest BCUT2D eigenvalue weighted by Crippen LogP contribution is 2.28. The van der Waals surface area contributed by atoms with Crippen molar-refractivity contribution in [3.8, 4) is 0 Å². The number of halogens is 2. The predicted molar refractivity (Wildman–Crippen MR) is 78.6 cm³/mol. The molecular weight excluding hydrogens is 370 g/mol. The number of carbonyl (C=O) groups is 1. The van der Waals surface area contributed by atoms with Gasteiger partial charge in [0.1, 0.15) is 0 Å². The van der Waals surface area contributed by atoms with E-state index in [0.29, 0.717) is 41.9 Å². The van der Waals surface area contributed by atoms with Crippen LogP contribution in [0.1, 0.15) is 15.9 Å². The Kier molecular flexibility index (Phi) is 4.73. The first-order chi connectivity index (χ1) is 9.30. The van der Waals surface area contributed by atoms with Crippen LogP contribution >= 0.6 is 26.6 Å². The zero-order valence-corrected chi connectivity index (χ0v) is 13.9. The maximum absolute atomic E-state index is 12.5. The summed E-state index contributed by atoms with van der Waals surface area (Å²) in [6.07, 6.45) is 0. The fraction of sp³-hybridized carbons (Fsp3) is 0.417. The molecule has 0 spiro atoms. The molecule has 20 heavy (non-hydrogen) atoms. The summed E-state index contributed by atoms with van der Waals surface area (Å²) in [6, 6.07) is 3.01. The molecule has 0 N–H and O–H groups in total. The van der Waals surface area contributed by atoms with Crippen LogP contribution in [0.15, 0.2) is 21.5 Å². The maximum atomic E-state index is 12.5. The number of carbonyl (C=O) groups excluding carboxylic acids is 1. The van der Waals surface area contributed by atoms with Gasteiger partial charge in [-0.25, -0.2) is 8.42 Å². The number of ether oxygens (including phenoxy) is 1. The Morgan fingerprint density at radius 1 is 1.35 bits per heavy atom. The van der Waals surface area contributed by atoms with E-state index in [9.17, 15) is 13.2 Å². The lowest BCUT2D eigenvalue weighted by Gasteiger charge is -2.27. The van der Waals surface area contributed by atoms with Crippen molar-refractivity contribution in [3.63, 3.8) is 0 Å². The van der Waals surface area contributed by atoms with E-state index in [4.69, 9.17) is 15.4 Å². The van der Waals surface area contributed by atoms with E-state index in [1.54, 1.807) is 17.9 Å². The predicted octanol–water partition coefficient (Wildman–Crippen LogP) is 2.16.